The van der Waals surface area contributed by atoms with E-state index in [4.69, 9.17) is 9.47 Å². The molecule has 1 unspecified atom stereocenters. The third kappa shape index (κ3) is 2.94. The monoisotopic (exact) mass is 254 g/mol. The standard InChI is InChI=1S/C15H26O3/c1-2-9-17-10-11-18-14-12-13(16)15(14)7-5-3-4-6-8-15/h14H,2-12H2,1H3. The summed E-state index contributed by atoms with van der Waals surface area (Å²) in [5.41, 5.74) is -0.110. The average Bonchev–Trinajstić information content (AvgIpc) is 2.65. The van der Waals surface area contributed by atoms with Gasteiger partial charge >= 0.3 is 0 Å². The highest BCUT2D eigenvalue weighted by molar-refractivity contribution is 5.92. The van der Waals surface area contributed by atoms with Gasteiger partial charge in [-0.15, -0.1) is 0 Å². The van der Waals surface area contributed by atoms with E-state index in [0.29, 0.717) is 25.4 Å². The summed E-state index contributed by atoms with van der Waals surface area (Å²) in [6.45, 7) is 4.21. The van der Waals surface area contributed by atoms with E-state index >= 15 is 0 Å². The molecule has 1 spiro atoms. The van der Waals surface area contributed by atoms with E-state index in [0.717, 1.165) is 25.9 Å². The fourth-order valence-corrected chi connectivity index (χ4v) is 3.29. The van der Waals surface area contributed by atoms with Crippen molar-refractivity contribution in [1.29, 1.82) is 0 Å². The Hall–Kier alpha value is -0.410. The second-order valence-electron chi connectivity index (χ2n) is 5.67. The Kier molecular flexibility index (Phi) is 5.19. The molecular weight excluding hydrogens is 228 g/mol. The summed E-state index contributed by atoms with van der Waals surface area (Å²) < 4.78 is 11.3. The Balaban J connectivity index is 1.76. The lowest BCUT2D eigenvalue weighted by Gasteiger charge is -2.47. The molecule has 104 valence electrons. The Morgan fingerprint density at radius 1 is 1.11 bits per heavy atom. The van der Waals surface area contributed by atoms with Gasteiger partial charge in [-0.2, -0.15) is 0 Å². The van der Waals surface area contributed by atoms with Gasteiger partial charge in [0.05, 0.1) is 24.7 Å². The maximum atomic E-state index is 12.0. The number of ether oxygens (including phenoxy) is 2. The molecule has 18 heavy (non-hydrogen) atoms. The van der Waals surface area contributed by atoms with Gasteiger partial charge in [0.1, 0.15) is 5.78 Å². The van der Waals surface area contributed by atoms with Crippen LogP contribution >= 0.6 is 0 Å². The maximum Gasteiger partial charge on any atom is 0.144 e. The van der Waals surface area contributed by atoms with Crippen molar-refractivity contribution in [1.82, 2.24) is 0 Å². The van der Waals surface area contributed by atoms with Crippen LogP contribution in [0.1, 0.15) is 58.3 Å². The second-order valence-corrected chi connectivity index (χ2v) is 5.67. The highest BCUT2D eigenvalue weighted by Gasteiger charge is 2.54. The lowest BCUT2D eigenvalue weighted by Crippen LogP contribution is -2.55. The molecular formula is C15H26O3. The van der Waals surface area contributed by atoms with Crippen molar-refractivity contribution in [3.63, 3.8) is 0 Å². The van der Waals surface area contributed by atoms with Gasteiger partial charge in [-0.1, -0.05) is 32.6 Å². The molecule has 0 amide bonds. The fourth-order valence-electron chi connectivity index (χ4n) is 3.29. The van der Waals surface area contributed by atoms with Crippen molar-refractivity contribution < 1.29 is 14.3 Å². The number of ketones is 1. The molecule has 3 heteroatoms. The van der Waals surface area contributed by atoms with Crippen LogP contribution in [0.4, 0.5) is 0 Å². The number of carbonyl (C=O) groups is 1. The highest BCUT2D eigenvalue weighted by Crippen LogP contribution is 2.49. The lowest BCUT2D eigenvalue weighted by molar-refractivity contribution is -0.168. The van der Waals surface area contributed by atoms with Crippen molar-refractivity contribution in [3.8, 4) is 0 Å². The normalized spacial score (nSPS) is 26.9. The predicted molar refractivity (Wildman–Crippen MR) is 70.6 cm³/mol. The summed E-state index contributed by atoms with van der Waals surface area (Å²) in [7, 11) is 0. The summed E-state index contributed by atoms with van der Waals surface area (Å²) >= 11 is 0. The third-order valence-electron chi connectivity index (χ3n) is 4.43. The first-order valence-electron chi connectivity index (χ1n) is 7.52. The van der Waals surface area contributed by atoms with Crippen LogP contribution in [0.2, 0.25) is 0 Å². The molecule has 0 aliphatic heterocycles. The maximum absolute atomic E-state index is 12.0. The minimum absolute atomic E-state index is 0.110. The van der Waals surface area contributed by atoms with Crippen LogP contribution in [0, 0.1) is 5.41 Å². The molecule has 1 atom stereocenters. The number of hydrogen-bond donors (Lipinski definition) is 0. The van der Waals surface area contributed by atoms with Crippen LogP contribution < -0.4 is 0 Å². The smallest absolute Gasteiger partial charge is 0.144 e. The Labute approximate surface area is 110 Å². The van der Waals surface area contributed by atoms with E-state index in [1.165, 1.54) is 25.7 Å². The first-order chi connectivity index (χ1) is 8.79. The zero-order valence-corrected chi connectivity index (χ0v) is 11.6. The van der Waals surface area contributed by atoms with Gasteiger partial charge in [-0.05, 0) is 19.3 Å². The Bertz CT molecular complexity index is 267. The van der Waals surface area contributed by atoms with E-state index in [1.54, 1.807) is 0 Å². The van der Waals surface area contributed by atoms with Crippen molar-refractivity contribution >= 4 is 5.78 Å². The molecule has 0 aromatic heterocycles. The third-order valence-corrected chi connectivity index (χ3v) is 4.43. The molecule has 3 nitrogen and oxygen atoms in total. The molecule has 0 bridgehead atoms. The molecule has 2 rings (SSSR count). The van der Waals surface area contributed by atoms with Crippen LogP contribution in [-0.4, -0.2) is 31.7 Å². The van der Waals surface area contributed by atoms with Crippen molar-refractivity contribution in [2.45, 2.75) is 64.4 Å². The topological polar surface area (TPSA) is 35.5 Å². The predicted octanol–water partition coefficient (Wildman–Crippen LogP) is 3.11. The van der Waals surface area contributed by atoms with Crippen LogP contribution in [0.5, 0.6) is 0 Å². The molecule has 0 saturated heterocycles. The fraction of sp³-hybridized carbons (Fsp3) is 0.933. The van der Waals surface area contributed by atoms with Gasteiger partial charge in [0, 0.05) is 13.0 Å². The van der Waals surface area contributed by atoms with Gasteiger partial charge in [-0.25, -0.2) is 0 Å². The molecule has 0 aromatic rings. The largest absolute Gasteiger partial charge is 0.379 e. The second kappa shape index (κ2) is 6.67. The van der Waals surface area contributed by atoms with Gasteiger partial charge in [0.15, 0.2) is 0 Å². The molecule has 2 aliphatic rings. The number of hydrogen-bond acceptors (Lipinski definition) is 3. The first kappa shape index (κ1) is 14.0. The Morgan fingerprint density at radius 3 is 2.44 bits per heavy atom. The molecule has 0 radical (unpaired) electrons. The molecule has 0 aromatic carbocycles. The van der Waals surface area contributed by atoms with Crippen LogP contribution in [0.25, 0.3) is 0 Å². The number of rotatable bonds is 6. The summed E-state index contributed by atoms with van der Waals surface area (Å²) in [6.07, 6.45) is 8.89. The zero-order chi connectivity index (χ0) is 12.8. The van der Waals surface area contributed by atoms with Crippen molar-refractivity contribution in [2.75, 3.05) is 19.8 Å². The summed E-state index contributed by atoms with van der Waals surface area (Å²) in [5, 5.41) is 0. The van der Waals surface area contributed by atoms with Gasteiger partial charge in [-0.3, -0.25) is 4.79 Å². The summed E-state index contributed by atoms with van der Waals surface area (Å²) in [4.78, 5) is 12.0. The minimum atomic E-state index is -0.110. The lowest BCUT2D eigenvalue weighted by atomic mass is 9.60. The van der Waals surface area contributed by atoms with E-state index in [1.807, 2.05) is 0 Å². The van der Waals surface area contributed by atoms with E-state index < -0.39 is 0 Å². The first-order valence-corrected chi connectivity index (χ1v) is 7.52. The van der Waals surface area contributed by atoms with Crippen molar-refractivity contribution in [2.24, 2.45) is 5.41 Å². The minimum Gasteiger partial charge on any atom is -0.379 e. The van der Waals surface area contributed by atoms with E-state index in [2.05, 4.69) is 6.92 Å². The molecule has 0 heterocycles. The molecule has 2 saturated carbocycles. The molecule has 0 N–H and O–H groups in total. The number of Topliss-reactive ketones (excluding diaryl/α,β-unsaturated/α-hetero) is 1. The van der Waals surface area contributed by atoms with E-state index in [-0.39, 0.29) is 11.5 Å². The number of carbonyl (C=O) groups excluding carboxylic acids is 1. The van der Waals surface area contributed by atoms with Crippen LogP contribution in [-0.2, 0) is 14.3 Å². The molecule has 2 fully saturated rings. The summed E-state index contributed by atoms with van der Waals surface area (Å²) in [5.74, 6) is 0.448. The summed E-state index contributed by atoms with van der Waals surface area (Å²) in [6, 6.07) is 0. The van der Waals surface area contributed by atoms with Crippen molar-refractivity contribution in [3.05, 3.63) is 0 Å². The van der Waals surface area contributed by atoms with Crippen LogP contribution in [0.3, 0.4) is 0 Å². The Morgan fingerprint density at radius 2 is 1.83 bits per heavy atom. The zero-order valence-electron chi connectivity index (χ0n) is 11.6. The van der Waals surface area contributed by atoms with Crippen LogP contribution in [0.15, 0.2) is 0 Å². The van der Waals surface area contributed by atoms with Gasteiger partial charge in [0.25, 0.3) is 0 Å². The molecule has 2 aliphatic carbocycles. The highest BCUT2D eigenvalue weighted by atomic mass is 16.5. The average molecular weight is 254 g/mol. The van der Waals surface area contributed by atoms with E-state index in [9.17, 15) is 4.79 Å². The quantitative estimate of drug-likeness (QED) is 0.683. The van der Waals surface area contributed by atoms with Gasteiger partial charge < -0.3 is 9.47 Å². The SMILES string of the molecule is CCCOCCOC1CC(=O)C12CCCCCC2. The van der Waals surface area contributed by atoms with Gasteiger partial charge in [0.2, 0.25) is 0 Å².